The lowest BCUT2D eigenvalue weighted by Gasteiger charge is -2.25. The molecule has 2 N–H and O–H groups in total. The molecule has 0 spiro atoms. The minimum atomic E-state index is -3.22. The van der Waals surface area contributed by atoms with E-state index in [-0.39, 0.29) is 35.5 Å². The van der Waals surface area contributed by atoms with Crippen molar-refractivity contribution in [3.05, 3.63) is 35.6 Å². The minimum Gasteiger partial charge on any atom is -0.356 e. The molecule has 2 rings (SSSR count). The van der Waals surface area contributed by atoms with Crippen molar-refractivity contribution in [1.29, 1.82) is 0 Å². The Morgan fingerprint density at radius 3 is 2.62 bits per heavy atom. The molecule has 26 heavy (non-hydrogen) atoms. The maximum absolute atomic E-state index is 13.1. The number of sulfonamides is 1. The monoisotopic (exact) mass is 516 g/mol. The summed E-state index contributed by atoms with van der Waals surface area (Å²) in [6.45, 7) is 2.06. The topological polar surface area (TPSA) is 73.8 Å². The molecule has 6 nitrogen and oxygen atoms in total. The molecule has 1 aliphatic heterocycles. The Labute approximate surface area is 176 Å². The fraction of sp³-hybridized carbons (Fsp3) is 0.562. The van der Waals surface area contributed by atoms with Crippen LogP contribution in [0.3, 0.4) is 0 Å². The number of guanidine groups is 1. The number of hydrogen-bond donors (Lipinski definition) is 2. The number of benzene rings is 1. The maximum atomic E-state index is 13.1. The maximum Gasteiger partial charge on any atom is 0.215 e. The van der Waals surface area contributed by atoms with Crippen LogP contribution in [0.1, 0.15) is 5.56 Å². The van der Waals surface area contributed by atoms with Crippen molar-refractivity contribution in [2.24, 2.45) is 4.99 Å². The second kappa shape index (κ2) is 12.0. The van der Waals surface area contributed by atoms with Crippen molar-refractivity contribution >= 4 is 51.7 Å². The highest BCUT2D eigenvalue weighted by atomic mass is 127. The molecule has 1 fully saturated rings. The first-order valence-electron chi connectivity index (χ1n) is 8.26. The Morgan fingerprint density at radius 1 is 1.27 bits per heavy atom. The molecule has 0 amide bonds. The van der Waals surface area contributed by atoms with Gasteiger partial charge in [-0.05, 0) is 24.1 Å². The highest BCUT2D eigenvalue weighted by Gasteiger charge is 2.23. The number of nitrogens with one attached hydrogen (secondary N) is 2. The van der Waals surface area contributed by atoms with Gasteiger partial charge in [-0.2, -0.15) is 11.8 Å². The summed E-state index contributed by atoms with van der Waals surface area (Å²) in [5.74, 6) is 2.05. The van der Waals surface area contributed by atoms with Crippen LogP contribution in [-0.2, 0) is 16.4 Å². The smallest absolute Gasteiger partial charge is 0.215 e. The fourth-order valence-electron chi connectivity index (χ4n) is 2.49. The molecule has 0 bridgehead atoms. The van der Waals surface area contributed by atoms with Gasteiger partial charge >= 0.3 is 0 Å². The average Bonchev–Trinajstić information content (AvgIpc) is 2.61. The zero-order valence-electron chi connectivity index (χ0n) is 14.8. The standard InChI is InChI=1S/C16H25FN4O2S2.HI/c1-18-16(19-6-5-14-3-2-4-15(17)13-14)20-7-12-25(22,23)21-8-10-24-11-9-21;/h2-4,13H,5-12H2,1H3,(H2,18,19,20);1H. The molecule has 0 saturated carbocycles. The SMILES string of the molecule is CN=C(NCCc1cccc(F)c1)NCCS(=O)(=O)N1CCSCC1.I. The lowest BCUT2D eigenvalue weighted by atomic mass is 10.1. The lowest BCUT2D eigenvalue weighted by Crippen LogP contribution is -2.44. The molecular formula is C16H26FIN4O2S2. The third kappa shape index (κ3) is 7.97. The van der Waals surface area contributed by atoms with Gasteiger partial charge in [-0.15, -0.1) is 24.0 Å². The van der Waals surface area contributed by atoms with Gasteiger partial charge in [0, 0.05) is 44.7 Å². The number of halogens is 2. The van der Waals surface area contributed by atoms with E-state index in [0.717, 1.165) is 17.1 Å². The molecule has 1 heterocycles. The molecule has 10 heteroatoms. The molecule has 1 saturated heterocycles. The first kappa shape index (κ1) is 23.4. The van der Waals surface area contributed by atoms with Crippen LogP contribution >= 0.6 is 35.7 Å². The molecule has 1 aliphatic rings. The first-order chi connectivity index (χ1) is 12.0. The third-order valence-electron chi connectivity index (χ3n) is 3.83. The third-order valence-corrected chi connectivity index (χ3v) is 6.65. The number of nitrogens with zero attached hydrogens (tertiary/aromatic N) is 2. The van der Waals surface area contributed by atoms with Gasteiger partial charge in [-0.3, -0.25) is 4.99 Å². The van der Waals surface area contributed by atoms with Crippen LogP contribution in [0.5, 0.6) is 0 Å². The van der Waals surface area contributed by atoms with Crippen molar-refractivity contribution in [2.75, 3.05) is 50.5 Å². The molecule has 0 atom stereocenters. The van der Waals surface area contributed by atoms with Gasteiger partial charge in [0.1, 0.15) is 5.82 Å². The van der Waals surface area contributed by atoms with Crippen molar-refractivity contribution < 1.29 is 12.8 Å². The van der Waals surface area contributed by atoms with E-state index in [2.05, 4.69) is 15.6 Å². The number of aliphatic imine (C=N–C) groups is 1. The van der Waals surface area contributed by atoms with Gasteiger partial charge in [-0.1, -0.05) is 12.1 Å². The van der Waals surface area contributed by atoms with Gasteiger partial charge in [0.15, 0.2) is 5.96 Å². The molecule has 148 valence electrons. The Kier molecular flexibility index (Phi) is 10.8. The van der Waals surface area contributed by atoms with Gasteiger partial charge in [0.25, 0.3) is 0 Å². The molecule has 0 radical (unpaired) electrons. The van der Waals surface area contributed by atoms with E-state index in [1.807, 2.05) is 6.07 Å². The van der Waals surface area contributed by atoms with E-state index in [4.69, 9.17) is 0 Å². The van der Waals surface area contributed by atoms with Gasteiger partial charge in [0.2, 0.25) is 10.0 Å². The predicted octanol–water partition coefficient (Wildman–Crippen LogP) is 1.53. The van der Waals surface area contributed by atoms with Gasteiger partial charge < -0.3 is 10.6 Å². The quantitative estimate of drug-likeness (QED) is 0.327. The van der Waals surface area contributed by atoms with E-state index in [9.17, 15) is 12.8 Å². The van der Waals surface area contributed by atoms with Crippen LogP contribution in [-0.4, -0.2) is 69.2 Å². The number of thioether (sulfide) groups is 1. The van der Waals surface area contributed by atoms with E-state index >= 15 is 0 Å². The van der Waals surface area contributed by atoms with Crippen LogP contribution in [0.25, 0.3) is 0 Å². The van der Waals surface area contributed by atoms with E-state index in [0.29, 0.717) is 38.6 Å². The summed E-state index contributed by atoms with van der Waals surface area (Å²) in [6, 6.07) is 6.46. The van der Waals surface area contributed by atoms with E-state index < -0.39 is 10.0 Å². The lowest BCUT2D eigenvalue weighted by molar-refractivity contribution is 0.443. The fourth-order valence-corrected chi connectivity index (χ4v) is 4.98. The van der Waals surface area contributed by atoms with E-state index in [1.54, 1.807) is 29.2 Å². The Morgan fingerprint density at radius 2 is 1.96 bits per heavy atom. The van der Waals surface area contributed by atoms with Crippen molar-refractivity contribution in [2.45, 2.75) is 6.42 Å². The van der Waals surface area contributed by atoms with Crippen molar-refractivity contribution in [3.8, 4) is 0 Å². The summed E-state index contributed by atoms with van der Waals surface area (Å²) in [6.07, 6.45) is 0.655. The zero-order valence-corrected chi connectivity index (χ0v) is 18.7. The van der Waals surface area contributed by atoms with Gasteiger partial charge in [-0.25, -0.2) is 17.1 Å². The summed E-state index contributed by atoms with van der Waals surface area (Å²) in [7, 11) is -1.59. The highest BCUT2D eigenvalue weighted by molar-refractivity contribution is 14.0. The molecule has 0 unspecified atom stereocenters. The largest absolute Gasteiger partial charge is 0.356 e. The Hall–Kier alpha value is -0.590. The van der Waals surface area contributed by atoms with Crippen molar-refractivity contribution in [3.63, 3.8) is 0 Å². The van der Waals surface area contributed by atoms with Crippen LogP contribution in [0.4, 0.5) is 4.39 Å². The summed E-state index contributed by atoms with van der Waals surface area (Å²) >= 11 is 1.78. The number of hydrogen-bond acceptors (Lipinski definition) is 4. The summed E-state index contributed by atoms with van der Waals surface area (Å²) in [5.41, 5.74) is 0.897. The normalized spacial score (nSPS) is 16.0. The number of rotatable bonds is 7. The predicted molar refractivity (Wildman–Crippen MR) is 118 cm³/mol. The summed E-state index contributed by atoms with van der Waals surface area (Å²) in [5, 5.41) is 6.12. The van der Waals surface area contributed by atoms with E-state index in [1.165, 1.54) is 12.1 Å². The second-order valence-electron chi connectivity index (χ2n) is 5.63. The highest BCUT2D eigenvalue weighted by Crippen LogP contribution is 2.12. The van der Waals surface area contributed by atoms with Crippen LogP contribution in [0, 0.1) is 5.82 Å². The zero-order chi connectivity index (χ0) is 18.1. The molecular weight excluding hydrogens is 490 g/mol. The second-order valence-corrected chi connectivity index (χ2v) is 8.95. The average molecular weight is 516 g/mol. The van der Waals surface area contributed by atoms with Crippen LogP contribution < -0.4 is 10.6 Å². The Balaban J connectivity index is 0.00000338. The van der Waals surface area contributed by atoms with Crippen molar-refractivity contribution in [1.82, 2.24) is 14.9 Å². The Bertz CT molecular complexity index is 683. The van der Waals surface area contributed by atoms with Gasteiger partial charge in [0.05, 0.1) is 5.75 Å². The minimum absolute atomic E-state index is 0. The van der Waals surface area contributed by atoms with Crippen LogP contribution in [0.15, 0.2) is 29.3 Å². The molecule has 1 aromatic rings. The molecule has 1 aromatic carbocycles. The summed E-state index contributed by atoms with van der Waals surface area (Å²) < 4.78 is 39.2. The molecule has 0 aliphatic carbocycles. The summed E-state index contributed by atoms with van der Waals surface area (Å²) in [4.78, 5) is 4.08. The first-order valence-corrected chi connectivity index (χ1v) is 11.0. The van der Waals surface area contributed by atoms with Crippen LogP contribution in [0.2, 0.25) is 0 Å². The molecule has 0 aromatic heterocycles.